The van der Waals surface area contributed by atoms with E-state index in [1.807, 2.05) is 0 Å². The van der Waals surface area contributed by atoms with E-state index in [-0.39, 0.29) is 19.3 Å². The monoisotopic (exact) mass is 1660 g/mol. The molecule has 0 aliphatic heterocycles. The van der Waals surface area contributed by atoms with Gasteiger partial charge in [0.25, 0.3) is 0 Å². The zero-order valence-electron chi connectivity index (χ0n) is 73.4. The van der Waals surface area contributed by atoms with Gasteiger partial charge in [0.1, 0.15) is 25.4 Å². The van der Waals surface area contributed by atoms with Crippen molar-refractivity contribution in [2.24, 2.45) is 0 Å². The molecule has 0 bridgehead atoms. The molecule has 115 heavy (non-hydrogen) atoms. The predicted octanol–water partition coefficient (Wildman–Crippen LogP) is 28.8. The number of phosphoric acid groups is 2. The molecule has 0 aromatic heterocycles. The Balaban J connectivity index is 4.36. The molecular formula is C97H172O16P2. The predicted molar refractivity (Wildman–Crippen MR) is 482 cm³/mol. The van der Waals surface area contributed by atoms with Crippen molar-refractivity contribution in [3.8, 4) is 0 Å². The Labute approximate surface area is 703 Å². The minimum absolute atomic E-state index is 0.0890. The van der Waals surface area contributed by atoms with Crippen molar-refractivity contribution in [1.82, 2.24) is 0 Å². The van der Waals surface area contributed by atoms with Crippen LogP contribution < -0.4 is 0 Å². The van der Waals surface area contributed by atoms with Crippen LogP contribution in [-0.2, 0) is 55.8 Å². The van der Waals surface area contributed by atoms with Crippen LogP contribution in [0.1, 0.15) is 419 Å². The fraction of sp³-hybridized carbons (Fsp3) is 0.763. The molecule has 5 unspecified atom stereocenters. The van der Waals surface area contributed by atoms with E-state index in [1.165, 1.54) is 231 Å². The molecule has 0 aromatic rings. The molecule has 666 valence electrons. The Morgan fingerprint density at radius 3 is 0.722 bits per heavy atom. The summed E-state index contributed by atoms with van der Waals surface area (Å²) in [5.41, 5.74) is 0. The summed E-state index contributed by atoms with van der Waals surface area (Å²) >= 11 is 0. The van der Waals surface area contributed by atoms with Gasteiger partial charge in [0.2, 0.25) is 0 Å². The van der Waals surface area contributed by atoms with Gasteiger partial charge in [-0.15, -0.1) is 0 Å². The summed E-state index contributed by atoms with van der Waals surface area (Å²) in [5.74, 6) is -1.57. The standard InChI is InChI=1S/C97H172O16P2/c1-4-7-10-13-16-19-22-25-27-29-31-33-35-37-39-41-43-44-45-46-48-50-51-53-55-57-59-61-63-66-68-71-74-77-80-83-95(100)107-86-92(98)87-109-114(103,104)110-88-93(99)89-111-115(105,106)112-91-94(113-97(102)85-82-79-76-73-70-65-24-21-18-15-12-9-6-3)90-108-96(101)84-81-78-75-72-69-67-64-62-60-58-56-54-52-49-47-42-40-38-36-34-32-30-28-26-23-20-17-14-11-8-5-2/h12,15-17,19-21,24-28,31-34,37-40,92-94,98-99H,4-11,13-14,18,22-23,29-30,35-36,41-91H2,1-3H3,(H,103,104)(H,105,106)/b15-12-,19-16-,20-17-,24-21-,27-25-,28-26-,33-31-,34-32-,39-37-,40-38-. The van der Waals surface area contributed by atoms with Crippen LogP contribution in [-0.4, -0.2) is 95.9 Å². The highest BCUT2D eigenvalue weighted by Crippen LogP contribution is 2.45. The van der Waals surface area contributed by atoms with Crippen LogP contribution in [0.5, 0.6) is 0 Å². The molecule has 0 amide bonds. The minimum Gasteiger partial charge on any atom is -0.463 e. The number of carbonyl (C=O) groups is 3. The largest absolute Gasteiger partial charge is 0.472 e. The molecule has 0 aliphatic rings. The molecule has 0 radical (unpaired) electrons. The van der Waals surface area contributed by atoms with Crippen LogP contribution >= 0.6 is 15.6 Å². The van der Waals surface area contributed by atoms with Gasteiger partial charge in [0, 0.05) is 19.3 Å². The third-order valence-corrected chi connectivity index (χ3v) is 22.0. The second-order valence-electron chi connectivity index (χ2n) is 31.5. The molecule has 0 heterocycles. The normalized spacial score (nSPS) is 14.3. The fourth-order valence-corrected chi connectivity index (χ4v) is 14.6. The van der Waals surface area contributed by atoms with Crippen LogP contribution in [0.2, 0.25) is 0 Å². The summed E-state index contributed by atoms with van der Waals surface area (Å²) in [6.45, 7) is 2.60. The first-order valence-electron chi connectivity index (χ1n) is 46.8. The van der Waals surface area contributed by atoms with Gasteiger partial charge in [-0.25, -0.2) is 9.13 Å². The summed E-state index contributed by atoms with van der Waals surface area (Å²) in [4.78, 5) is 58.8. The molecule has 16 nitrogen and oxygen atoms in total. The highest BCUT2D eigenvalue weighted by Gasteiger charge is 2.30. The van der Waals surface area contributed by atoms with E-state index in [0.717, 1.165) is 128 Å². The van der Waals surface area contributed by atoms with E-state index >= 15 is 0 Å². The summed E-state index contributed by atoms with van der Waals surface area (Å²) in [6.07, 6.45) is 110. The number of esters is 3. The molecule has 0 saturated carbocycles. The van der Waals surface area contributed by atoms with Crippen LogP contribution in [0.3, 0.4) is 0 Å². The quantitative estimate of drug-likeness (QED) is 0.0146. The average Bonchev–Trinajstić information content (AvgIpc) is 0.901. The molecule has 5 atom stereocenters. The molecule has 0 aliphatic carbocycles. The maximum Gasteiger partial charge on any atom is 0.472 e. The van der Waals surface area contributed by atoms with Gasteiger partial charge in [0.15, 0.2) is 6.10 Å². The van der Waals surface area contributed by atoms with E-state index in [9.17, 15) is 43.5 Å². The third kappa shape index (κ3) is 90.6. The lowest BCUT2D eigenvalue weighted by Gasteiger charge is -2.21. The molecule has 18 heteroatoms. The van der Waals surface area contributed by atoms with Crippen LogP contribution in [0.4, 0.5) is 0 Å². The number of rotatable bonds is 89. The lowest BCUT2D eigenvalue weighted by atomic mass is 10.0. The highest BCUT2D eigenvalue weighted by atomic mass is 31.2. The van der Waals surface area contributed by atoms with Gasteiger partial charge in [-0.2, -0.15) is 0 Å². The zero-order chi connectivity index (χ0) is 83.6. The van der Waals surface area contributed by atoms with Crippen LogP contribution in [0.15, 0.2) is 122 Å². The summed E-state index contributed by atoms with van der Waals surface area (Å²) in [6, 6.07) is 0. The van der Waals surface area contributed by atoms with Gasteiger partial charge in [-0.3, -0.25) is 32.5 Å². The zero-order valence-corrected chi connectivity index (χ0v) is 75.2. The van der Waals surface area contributed by atoms with E-state index in [1.54, 1.807) is 0 Å². The second-order valence-corrected chi connectivity index (χ2v) is 34.4. The number of aliphatic hydroxyl groups excluding tert-OH is 2. The van der Waals surface area contributed by atoms with Crippen molar-refractivity contribution in [3.63, 3.8) is 0 Å². The number of unbranched alkanes of at least 4 members (excludes halogenated alkanes) is 46. The summed E-state index contributed by atoms with van der Waals surface area (Å²) < 4.78 is 61.4. The van der Waals surface area contributed by atoms with E-state index in [4.69, 9.17) is 32.3 Å². The molecular weight excluding hydrogens is 1480 g/mol. The van der Waals surface area contributed by atoms with E-state index < -0.39 is 91.5 Å². The summed E-state index contributed by atoms with van der Waals surface area (Å²) in [7, 11) is -9.80. The molecule has 4 N–H and O–H groups in total. The van der Waals surface area contributed by atoms with Gasteiger partial charge >= 0.3 is 33.6 Å². The first kappa shape index (κ1) is 111. The topological polar surface area (TPSA) is 231 Å². The maximum absolute atomic E-state index is 13.0. The number of carbonyl (C=O) groups excluding carboxylic acids is 3. The van der Waals surface area contributed by atoms with Gasteiger partial charge in [-0.05, 0) is 135 Å². The number of hydrogen-bond donors (Lipinski definition) is 4. The van der Waals surface area contributed by atoms with Crippen LogP contribution in [0.25, 0.3) is 0 Å². The number of hydrogen-bond acceptors (Lipinski definition) is 14. The number of aliphatic hydroxyl groups is 2. The molecule has 0 rings (SSSR count). The number of ether oxygens (including phenoxy) is 3. The van der Waals surface area contributed by atoms with E-state index in [2.05, 4.69) is 142 Å². The Morgan fingerprint density at radius 1 is 0.243 bits per heavy atom. The first-order valence-corrected chi connectivity index (χ1v) is 49.8. The van der Waals surface area contributed by atoms with Crippen molar-refractivity contribution in [1.29, 1.82) is 0 Å². The smallest absolute Gasteiger partial charge is 0.463 e. The lowest BCUT2D eigenvalue weighted by Crippen LogP contribution is -2.30. The fourth-order valence-electron chi connectivity index (χ4n) is 13.0. The number of phosphoric ester groups is 2. The van der Waals surface area contributed by atoms with Crippen molar-refractivity contribution >= 4 is 33.6 Å². The lowest BCUT2D eigenvalue weighted by molar-refractivity contribution is -0.161. The van der Waals surface area contributed by atoms with Crippen molar-refractivity contribution < 1.29 is 75.8 Å². The van der Waals surface area contributed by atoms with Gasteiger partial charge in [-0.1, -0.05) is 386 Å². The van der Waals surface area contributed by atoms with Crippen molar-refractivity contribution in [2.45, 2.75) is 437 Å². The molecule has 0 spiro atoms. The first-order chi connectivity index (χ1) is 56.2. The molecule has 0 fully saturated rings. The van der Waals surface area contributed by atoms with Crippen molar-refractivity contribution in [2.75, 3.05) is 39.6 Å². The Morgan fingerprint density at radius 2 is 0.452 bits per heavy atom. The van der Waals surface area contributed by atoms with Crippen LogP contribution in [0, 0.1) is 0 Å². The SMILES string of the molecule is CCC/C=C\C/C=C\CCCCCCCC(=O)OC(COC(=O)CCCCCCCCCCCCCCCCC/C=C\C/C=C\C/C=C\C/C=C\CCCCC)COP(=O)(O)OCC(O)COP(=O)(O)OCC(O)COC(=O)CCCCCCCCCCCCCCCCCCCCC/C=C\C/C=C\C/C=C\C/C=C\CCCCC. The van der Waals surface area contributed by atoms with Gasteiger partial charge < -0.3 is 34.2 Å². The number of allylic oxidation sites excluding steroid dienone is 20. The van der Waals surface area contributed by atoms with E-state index in [0.29, 0.717) is 19.3 Å². The molecule has 0 saturated heterocycles. The third-order valence-electron chi connectivity index (χ3n) is 20.1. The Hall–Kier alpha value is -4.05. The van der Waals surface area contributed by atoms with Crippen molar-refractivity contribution in [3.05, 3.63) is 122 Å². The second kappa shape index (κ2) is 89.2. The minimum atomic E-state index is -4.94. The average molecular weight is 1660 g/mol. The summed E-state index contributed by atoms with van der Waals surface area (Å²) in [5, 5.41) is 20.7. The van der Waals surface area contributed by atoms with Gasteiger partial charge in [0.05, 0.1) is 26.4 Å². The highest BCUT2D eigenvalue weighted by molar-refractivity contribution is 7.47. The molecule has 0 aromatic carbocycles. The Bertz CT molecular complexity index is 2570. The Kier molecular flexibility index (Phi) is 86.1. The maximum atomic E-state index is 13.0.